The van der Waals surface area contributed by atoms with Crippen LogP contribution < -0.4 is 11.1 Å². The van der Waals surface area contributed by atoms with Crippen LogP contribution in [0.3, 0.4) is 0 Å². The smallest absolute Gasteiger partial charge is 0.139 e. The van der Waals surface area contributed by atoms with Crippen molar-refractivity contribution in [3.05, 3.63) is 18.0 Å². The second kappa shape index (κ2) is 6.84. The molecule has 16 heavy (non-hydrogen) atoms. The van der Waals surface area contributed by atoms with Crippen LogP contribution in [-0.2, 0) is 13.5 Å². The molecule has 1 rings (SSSR count). The van der Waals surface area contributed by atoms with E-state index in [1.54, 1.807) is 4.68 Å². The van der Waals surface area contributed by atoms with Crippen molar-refractivity contribution in [1.82, 2.24) is 15.1 Å². The van der Waals surface area contributed by atoms with Gasteiger partial charge in [-0.3, -0.25) is 4.68 Å². The van der Waals surface area contributed by atoms with Crippen molar-refractivity contribution in [2.45, 2.75) is 19.3 Å². The number of aryl methyl sites for hydroxylation is 1. The molecule has 0 amide bonds. The fourth-order valence-corrected chi connectivity index (χ4v) is 1.40. The normalized spacial score (nSPS) is 11.9. The molecule has 0 aliphatic carbocycles. The molecule has 0 atom stereocenters. The Bertz CT molecular complexity index is 334. The van der Waals surface area contributed by atoms with Gasteiger partial charge in [0.15, 0.2) is 0 Å². The molecule has 6 heteroatoms. The molecular weight excluding hydrogens is 206 g/mol. The molecule has 0 aliphatic heterocycles. The molecule has 0 unspecified atom stereocenters. The Kier molecular flexibility index (Phi) is 5.35. The van der Waals surface area contributed by atoms with E-state index in [9.17, 15) is 0 Å². The van der Waals surface area contributed by atoms with E-state index in [1.807, 2.05) is 19.4 Å². The van der Waals surface area contributed by atoms with Crippen LogP contribution in [0.25, 0.3) is 0 Å². The van der Waals surface area contributed by atoms with Crippen molar-refractivity contribution in [1.29, 1.82) is 0 Å². The van der Waals surface area contributed by atoms with Crippen molar-refractivity contribution < 1.29 is 5.21 Å². The monoisotopic (exact) mass is 225 g/mol. The minimum Gasteiger partial charge on any atom is -0.409 e. The Morgan fingerprint density at radius 1 is 1.62 bits per heavy atom. The lowest BCUT2D eigenvalue weighted by Crippen LogP contribution is -2.20. The summed E-state index contributed by atoms with van der Waals surface area (Å²) in [5, 5.41) is 18.6. The van der Waals surface area contributed by atoms with E-state index in [2.05, 4.69) is 15.6 Å². The topological polar surface area (TPSA) is 88.5 Å². The number of amidine groups is 1. The Morgan fingerprint density at radius 3 is 3.06 bits per heavy atom. The standard InChI is InChI=1S/C10H19N5O/c1-15-8-9(7-13-15)4-6-12-5-2-3-10(11)14-16/h7-8,12,16H,2-6H2,1H3,(H2,11,14). The number of nitrogens with two attached hydrogens (primary N) is 1. The van der Waals surface area contributed by atoms with Crippen molar-refractivity contribution in [3.8, 4) is 0 Å². The van der Waals surface area contributed by atoms with Gasteiger partial charge < -0.3 is 16.3 Å². The molecule has 1 aromatic heterocycles. The lowest BCUT2D eigenvalue weighted by Gasteiger charge is -2.02. The number of hydrogen-bond donors (Lipinski definition) is 3. The van der Waals surface area contributed by atoms with E-state index >= 15 is 0 Å². The summed E-state index contributed by atoms with van der Waals surface area (Å²) in [4.78, 5) is 0. The fraction of sp³-hybridized carbons (Fsp3) is 0.600. The van der Waals surface area contributed by atoms with Gasteiger partial charge in [-0.25, -0.2) is 0 Å². The molecule has 0 saturated carbocycles. The van der Waals surface area contributed by atoms with Gasteiger partial charge >= 0.3 is 0 Å². The van der Waals surface area contributed by atoms with Crippen LogP contribution in [0.5, 0.6) is 0 Å². The zero-order valence-electron chi connectivity index (χ0n) is 9.56. The van der Waals surface area contributed by atoms with Crippen LogP contribution in [0, 0.1) is 0 Å². The third-order valence-electron chi connectivity index (χ3n) is 2.26. The second-order valence-electron chi connectivity index (χ2n) is 3.72. The molecule has 0 bridgehead atoms. The average Bonchev–Trinajstić information content (AvgIpc) is 2.69. The summed E-state index contributed by atoms with van der Waals surface area (Å²) in [6.07, 6.45) is 6.35. The van der Waals surface area contributed by atoms with Crippen LogP contribution in [0.4, 0.5) is 0 Å². The number of oxime groups is 1. The zero-order chi connectivity index (χ0) is 11.8. The predicted octanol–water partition coefficient (Wildman–Crippen LogP) is 0.0788. The van der Waals surface area contributed by atoms with E-state index in [0.717, 1.165) is 25.9 Å². The largest absolute Gasteiger partial charge is 0.409 e. The summed E-state index contributed by atoms with van der Waals surface area (Å²) >= 11 is 0. The molecule has 0 fully saturated rings. The van der Waals surface area contributed by atoms with Gasteiger partial charge in [-0.15, -0.1) is 0 Å². The van der Waals surface area contributed by atoms with Crippen LogP contribution in [0.2, 0.25) is 0 Å². The van der Waals surface area contributed by atoms with E-state index in [-0.39, 0.29) is 5.84 Å². The first kappa shape index (κ1) is 12.5. The summed E-state index contributed by atoms with van der Waals surface area (Å²) in [5.41, 5.74) is 6.57. The van der Waals surface area contributed by atoms with Crippen LogP contribution >= 0.6 is 0 Å². The molecule has 0 saturated heterocycles. The van der Waals surface area contributed by atoms with Gasteiger partial charge in [-0.05, 0) is 31.5 Å². The van der Waals surface area contributed by atoms with Crippen molar-refractivity contribution in [3.63, 3.8) is 0 Å². The number of hydrogen-bond acceptors (Lipinski definition) is 4. The van der Waals surface area contributed by atoms with Crippen LogP contribution in [0.15, 0.2) is 17.5 Å². The highest BCUT2D eigenvalue weighted by Crippen LogP contribution is 1.96. The van der Waals surface area contributed by atoms with Crippen molar-refractivity contribution in [2.75, 3.05) is 13.1 Å². The third kappa shape index (κ3) is 4.79. The predicted molar refractivity (Wildman–Crippen MR) is 62.4 cm³/mol. The molecule has 90 valence electrons. The maximum absolute atomic E-state index is 8.32. The van der Waals surface area contributed by atoms with Crippen molar-refractivity contribution >= 4 is 5.84 Å². The number of nitrogens with zero attached hydrogens (tertiary/aromatic N) is 3. The summed E-state index contributed by atoms with van der Waals surface area (Å²) in [6.45, 7) is 1.79. The highest BCUT2D eigenvalue weighted by Gasteiger charge is 1.96. The quantitative estimate of drug-likeness (QED) is 0.201. The minimum absolute atomic E-state index is 0.286. The second-order valence-corrected chi connectivity index (χ2v) is 3.72. The minimum atomic E-state index is 0.286. The van der Waals surface area contributed by atoms with Gasteiger partial charge in [0.2, 0.25) is 0 Å². The zero-order valence-corrected chi connectivity index (χ0v) is 9.56. The van der Waals surface area contributed by atoms with Gasteiger partial charge in [0.1, 0.15) is 5.84 Å². The highest BCUT2D eigenvalue weighted by atomic mass is 16.4. The van der Waals surface area contributed by atoms with Gasteiger partial charge in [-0.1, -0.05) is 5.16 Å². The SMILES string of the molecule is Cn1cc(CCNCCC/C(N)=N/O)cn1. The summed E-state index contributed by atoms with van der Waals surface area (Å²) in [6, 6.07) is 0. The molecule has 0 aliphatic rings. The van der Waals surface area contributed by atoms with Gasteiger partial charge in [0.25, 0.3) is 0 Å². The fourth-order valence-electron chi connectivity index (χ4n) is 1.40. The Labute approximate surface area is 95.1 Å². The number of aromatic nitrogens is 2. The van der Waals surface area contributed by atoms with Gasteiger partial charge in [-0.2, -0.15) is 5.10 Å². The average molecular weight is 225 g/mol. The molecule has 6 nitrogen and oxygen atoms in total. The summed E-state index contributed by atoms with van der Waals surface area (Å²) in [5.74, 6) is 0.286. The van der Waals surface area contributed by atoms with E-state index in [0.29, 0.717) is 6.42 Å². The summed E-state index contributed by atoms with van der Waals surface area (Å²) in [7, 11) is 1.91. The van der Waals surface area contributed by atoms with E-state index in [4.69, 9.17) is 10.9 Å². The van der Waals surface area contributed by atoms with E-state index in [1.165, 1.54) is 5.56 Å². The first-order valence-corrected chi connectivity index (χ1v) is 5.37. The molecular formula is C10H19N5O. The van der Waals surface area contributed by atoms with Crippen molar-refractivity contribution in [2.24, 2.45) is 17.9 Å². The molecule has 0 aromatic carbocycles. The molecule has 4 N–H and O–H groups in total. The Balaban J connectivity index is 2.00. The molecule has 1 heterocycles. The Hall–Kier alpha value is -1.56. The van der Waals surface area contributed by atoms with Gasteiger partial charge in [0.05, 0.1) is 6.20 Å². The summed E-state index contributed by atoms with van der Waals surface area (Å²) < 4.78 is 1.80. The van der Waals surface area contributed by atoms with Crippen LogP contribution in [0.1, 0.15) is 18.4 Å². The van der Waals surface area contributed by atoms with Crippen LogP contribution in [-0.4, -0.2) is 33.9 Å². The maximum Gasteiger partial charge on any atom is 0.139 e. The molecule has 0 spiro atoms. The number of nitrogens with one attached hydrogen (secondary N) is 1. The van der Waals surface area contributed by atoms with E-state index < -0.39 is 0 Å². The number of rotatable bonds is 7. The molecule has 0 radical (unpaired) electrons. The van der Waals surface area contributed by atoms with Gasteiger partial charge in [0, 0.05) is 19.7 Å². The third-order valence-corrected chi connectivity index (χ3v) is 2.26. The highest BCUT2D eigenvalue weighted by molar-refractivity contribution is 5.79. The lowest BCUT2D eigenvalue weighted by atomic mass is 10.2. The first-order chi connectivity index (χ1) is 7.72. The first-order valence-electron chi connectivity index (χ1n) is 5.37. The lowest BCUT2D eigenvalue weighted by molar-refractivity contribution is 0.316. The Morgan fingerprint density at radius 2 is 2.44 bits per heavy atom. The maximum atomic E-state index is 8.32. The molecule has 1 aromatic rings.